The van der Waals surface area contributed by atoms with Crippen molar-refractivity contribution in [3.63, 3.8) is 0 Å². The summed E-state index contributed by atoms with van der Waals surface area (Å²) in [5.74, 6) is -0.910. The third kappa shape index (κ3) is 47.9. The van der Waals surface area contributed by atoms with Crippen LogP contribution in [0.25, 0.3) is 0 Å². The van der Waals surface area contributed by atoms with Crippen LogP contribution >= 0.6 is 0 Å². The van der Waals surface area contributed by atoms with Crippen molar-refractivity contribution < 1.29 is 28.6 Å². The van der Waals surface area contributed by atoms with Crippen LogP contribution in [-0.2, 0) is 28.6 Å². The van der Waals surface area contributed by atoms with E-state index in [0.717, 1.165) is 103 Å². The van der Waals surface area contributed by atoms with Crippen LogP contribution < -0.4 is 0 Å². The summed E-state index contributed by atoms with van der Waals surface area (Å²) in [6, 6.07) is 0. The highest BCUT2D eigenvalue weighted by Crippen LogP contribution is 2.14. The van der Waals surface area contributed by atoms with Crippen molar-refractivity contribution in [3.8, 4) is 0 Å². The lowest BCUT2D eigenvalue weighted by atomic mass is 10.1. The van der Waals surface area contributed by atoms with Gasteiger partial charge in [-0.1, -0.05) is 209 Å². The first kappa shape index (κ1) is 58.9. The number of unbranched alkanes of at least 4 members (excludes halogenated alkanes) is 23. The Hall–Kier alpha value is -3.15. The van der Waals surface area contributed by atoms with E-state index < -0.39 is 6.10 Å². The fourth-order valence-electron chi connectivity index (χ4n) is 7.05. The molecule has 62 heavy (non-hydrogen) atoms. The van der Waals surface area contributed by atoms with Gasteiger partial charge < -0.3 is 14.2 Å². The molecular weight excluding hydrogens is 769 g/mol. The fourth-order valence-corrected chi connectivity index (χ4v) is 7.05. The maximum atomic E-state index is 12.8. The van der Waals surface area contributed by atoms with E-state index in [1.165, 1.54) is 103 Å². The second kappa shape index (κ2) is 50.5. The molecule has 0 aliphatic heterocycles. The first-order valence-electron chi connectivity index (χ1n) is 25.9. The highest BCUT2D eigenvalue weighted by molar-refractivity contribution is 5.71. The van der Waals surface area contributed by atoms with Gasteiger partial charge in [0.15, 0.2) is 6.10 Å². The van der Waals surface area contributed by atoms with Crippen LogP contribution in [0, 0.1) is 0 Å². The molecule has 0 radical (unpaired) electrons. The quantitative estimate of drug-likeness (QED) is 0.0262. The molecule has 0 rings (SSSR count). The lowest BCUT2D eigenvalue weighted by molar-refractivity contribution is -0.167. The molecule has 0 saturated heterocycles. The smallest absolute Gasteiger partial charge is 0.306 e. The summed E-state index contributed by atoms with van der Waals surface area (Å²) in [5, 5.41) is 0. The average molecular weight is 865 g/mol. The minimum atomic E-state index is -0.782. The third-order valence-corrected chi connectivity index (χ3v) is 10.9. The molecule has 1 atom stereocenters. The molecule has 0 aromatic rings. The molecule has 356 valence electrons. The molecule has 0 aliphatic rings. The monoisotopic (exact) mass is 865 g/mol. The van der Waals surface area contributed by atoms with E-state index in [9.17, 15) is 14.4 Å². The lowest BCUT2D eigenvalue weighted by Crippen LogP contribution is -2.30. The molecule has 0 amide bonds. The molecule has 0 aromatic carbocycles. The highest BCUT2D eigenvalue weighted by atomic mass is 16.6. The Morgan fingerprint density at radius 1 is 0.339 bits per heavy atom. The SMILES string of the molecule is CC/C=C\C/C=C\C/C=C\C/C=C\CCCCCCCCC(=O)OCC(COC(=O)CCCCCCCCC)OC(=O)CCCCCCCCC/C=C\C/C=C\CCCCCC. The molecular formula is C56H96O6. The number of allylic oxidation sites excluding steroid dienone is 12. The van der Waals surface area contributed by atoms with Gasteiger partial charge in [-0.05, 0) is 89.9 Å². The van der Waals surface area contributed by atoms with E-state index in [-0.39, 0.29) is 31.1 Å². The van der Waals surface area contributed by atoms with E-state index in [1.807, 2.05) is 0 Å². The molecule has 1 unspecified atom stereocenters. The van der Waals surface area contributed by atoms with Crippen molar-refractivity contribution in [2.75, 3.05) is 13.2 Å². The Kier molecular flexibility index (Phi) is 47.9. The highest BCUT2D eigenvalue weighted by Gasteiger charge is 2.19. The summed E-state index contributed by atoms with van der Waals surface area (Å²) in [6.45, 7) is 6.45. The standard InChI is InChI=1S/C56H96O6/c1-4-7-10-13-16-18-20-22-24-26-28-30-31-33-35-37-40-43-46-49-55(58)61-52-53(51-60-54(57)48-45-42-39-15-12-9-6-3)62-56(59)50-47-44-41-38-36-34-32-29-27-25-23-21-19-17-14-11-8-5-2/h7,10,16,18-19,21-22,24-25,27-28,30,53H,4-6,8-9,11-15,17,20,23,26,29,31-52H2,1-3H3/b10-7-,18-16-,21-19-,24-22-,27-25-,30-28-. The van der Waals surface area contributed by atoms with Crippen LogP contribution in [0.2, 0.25) is 0 Å². The van der Waals surface area contributed by atoms with Crippen molar-refractivity contribution in [1.29, 1.82) is 0 Å². The molecule has 0 heterocycles. The normalized spacial score (nSPS) is 12.6. The van der Waals surface area contributed by atoms with Crippen LogP contribution in [0.15, 0.2) is 72.9 Å². The summed E-state index contributed by atoms with van der Waals surface area (Å²) in [5.41, 5.74) is 0. The van der Waals surface area contributed by atoms with Crippen LogP contribution in [0.1, 0.15) is 245 Å². The number of carbonyl (C=O) groups is 3. The number of ether oxygens (including phenoxy) is 3. The summed E-state index contributed by atoms with van der Waals surface area (Å²) >= 11 is 0. The topological polar surface area (TPSA) is 78.9 Å². The van der Waals surface area contributed by atoms with Gasteiger partial charge >= 0.3 is 17.9 Å². The van der Waals surface area contributed by atoms with Crippen molar-refractivity contribution in [1.82, 2.24) is 0 Å². The zero-order valence-corrected chi connectivity index (χ0v) is 40.6. The Bertz CT molecular complexity index is 1180. The van der Waals surface area contributed by atoms with Crippen molar-refractivity contribution in [2.24, 2.45) is 0 Å². The second-order valence-electron chi connectivity index (χ2n) is 17.1. The van der Waals surface area contributed by atoms with Gasteiger partial charge in [-0.2, -0.15) is 0 Å². The van der Waals surface area contributed by atoms with Crippen molar-refractivity contribution >= 4 is 17.9 Å². The molecule has 6 heteroatoms. The van der Waals surface area contributed by atoms with Crippen molar-refractivity contribution in [3.05, 3.63) is 72.9 Å². The molecule has 0 bridgehead atoms. The Balaban J connectivity index is 4.30. The Morgan fingerprint density at radius 2 is 0.629 bits per heavy atom. The van der Waals surface area contributed by atoms with Crippen LogP contribution in [0.5, 0.6) is 0 Å². The van der Waals surface area contributed by atoms with Crippen molar-refractivity contribution in [2.45, 2.75) is 252 Å². The maximum absolute atomic E-state index is 12.8. The molecule has 0 saturated carbocycles. The number of esters is 3. The van der Waals surface area contributed by atoms with E-state index in [1.54, 1.807) is 0 Å². The summed E-state index contributed by atoms with van der Waals surface area (Å²) in [6.07, 6.45) is 63.2. The Morgan fingerprint density at radius 3 is 1.00 bits per heavy atom. The van der Waals surface area contributed by atoms with Gasteiger partial charge in [-0.15, -0.1) is 0 Å². The molecule has 0 aliphatic carbocycles. The number of hydrogen-bond donors (Lipinski definition) is 0. The van der Waals surface area contributed by atoms with E-state index >= 15 is 0 Å². The number of carbonyl (C=O) groups excluding carboxylic acids is 3. The van der Waals surface area contributed by atoms with E-state index in [0.29, 0.717) is 19.3 Å². The lowest BCUT2D eigenvalue weighted by Gasteiger charge is -2.18. The second-order valence-corrected chi connectivity index (χ2v) is 17.1. The van der Waals surface area contributed by atoms with Gasteiger partial charge in [0.05, 0.1) is 0 Å². The zero-order valence-electron chi connectivity index (χ0n) is 40.6. The van der Waals surface area contributed by atoms with Gasteiger partial charge in [0, 0.05) is 19.3 Å². The van der Waals surface area contributed by atoms with Gasteiger partial charge in [-0.25, -0.2) is 0 Å². The average Bonchev–Trinajstić information content (AvgIpc) is 3.27. The summed E-state index contributed by atoms with van der Waals surface area (Å²) < 4.78 is 16.7. The fraction of sp³-hybridized carbons (Fsp3) is 0.732. The number of hydrogen-bond acceptors (Lipinski definition) is 6. The minimum absolute atomic E-state index is 0.0831. The number of rotatable bonds is 46. The van der Waals surface area contributed by atoms with Gasteiger partial charge in [0.1, 0.15) is 13.2 Å². The molecule has 0 spiro atoms. The van der Waals surface area contributed by atoms with Gasteiger partial charge in [-0.3, -0.25) is 14.4 Å². The molecule has 0 fully saturated rings. The first-order chi connectivity index (χ1) is 30.5. The Labute approximate surface area is 382 Å². The minimum Gasteiger partial charge on any atom is -0.462 e. The summed E-state index contributed by atoms with van der Waals surface area (Å²) in [7, 11) is 0. The van der Waals surface area contributed by atoms with E-state index in [4.69, 9.17) is 14.2 Å². The first-order valence-corrected chi connectivity index (χ1v) is 25.9. The molecule has 0 aromatic heterocycles. The van der Waals surface area contributed by atoms with Crippen LogP contribution in [0.4, 0.5) is 0 Å². The zero-order chi connectivity index (χ0) is 45.1. The van der Waals surface area contributed by atoms with Gasteiger partial charge in [0.2, 0.25) is 0 Å². The summed E-state index contributed by atoms with van der Waals surface area (Å²) in [4.78, 5) is 37.8. The largest absolute Gasteiger partial charge is 0.462 e. The van der Waals surface area contributed by atoms with Gasteiger partial charge in [0.25, 0.3) is 0 Å². The third-order valence-electron chi connectivity index (χ3n) is 10.9. The molecule has 0 N–H and O–H groups in total. The maximum Gasteiger partial charge on any atom is 0.306 e. The van der Waals surface area contributed by atoms with Crippen LogP contribution in [0.3, 0.4) is 0 Å². The van der Waals surface area contributed by atoms with E-state index in [2.05, 4.69) is 93.7 Å². The predicted octanol–water partition coefficient (Wildman–Crippen LogP) is 17.0. The predicted molar refractivity (Wildman–Crippen MR) is 265 cm³/mol. The van der Waals surface area contributed by atoms with Crippen LogP contribution in [-0.4, -0.2) is 37.2 Å². The molecule has 6 nitrogen and oxygen atoms in total.